The van der Waals surface area contributed by atoms with E-state index in [-0.39, 0.29) is 18.9 Å². The lowest BCUT2D eigenvalue weighted by Crippen LogP contribution is -2.41. The molecule has 2 N–H and O–H groups in total. The third kappa shape index (κ3) is 3.58. The maximum atomic E-state index is 12.7. The highest BCUT2D eigenvalue weighted by Crippen LogP contribution is 2.32. The zero-order valence-corrected chi connectivity index (χ0v) is 12.1. The second-order valence-corrected chi connectivity index (χ2v) is 5.42. The molecule has 0 bridgehead atoms. The van der Waals surface area contributed by atoms with Crippen molar-refractivity contribution in [1.82, 2.24) is 14.5 Å². The molecule has 2 rings (SSSR count). The number of likely N-dealkylation sites (tertiary alicyclic amines) is 1. The molecule has 2 amide bonds. The standard InChI is InChI=1S/C13H17F3N4O2/c1-19-7-9(13(14,15)16)18-12(19)8-3-2-4-20(6-8)11(22)5-10(17)21/h7-8H,2-6H2,1H3,(H2,17,21). The summed E-state index contributed by atoms with van der Waals surface area (Å²) in [7, 11) is 1.50. The van der Waals surface area contributed by atoms with E-state index < -0.39 is 23.7 Å². The number of nitrogens with two attached hydrogens (primary N) is 1. The summed E-state index contributed by atoms with van der Waals surface area (Å²) in [5.74, 6) is -1.11. The van der Waals surface area contributed by atoms with Crippen LogP contribution in [0.5, 0.6) is 0 Å². The fraction of sp³-hybridized carbons (Fsp3) is 0.615. The number of hydrogen-bond donors (Lipinski definition) is 1. The van der Waals surface area contributed by atoms with E-state index in [0.29, 0.717) is 25.2 Å². The number of amides is 2. The van der Waals surface area contributed by atoms with Crippen molar-refractivity contribution >= 4 is 11.8 Å². The number of carbonyl (C=O) groups excluding carboxylic acids is 2. The number of imidazole rings is 1. The summed E-state index contributed by atoms with van der Waals surface area (Å²) in [6.07, 6.45) is -2.65. The minimum atomic E-state index is -4.49. The zero-order chi connectivity index (χ0) is 16.5. The van der Waals surface area contributed by atoms with Crippen LogP contribution in [0.3, 0.4) is 0 Å². The van der Waals surface area contributed by atoms with Crippen molar-refractivity contribution in [2.45, 2.75) is 31.4 Å². The largest absolute Gasteiger partial charge is 0.434 e. The predicted octanol–water partition coefficient (Wildman–Crippen LogP) is 1.02. The molecule has 0 spiro atoms. The molecule has 1 aromatic heterocycles. The van der Waals surface area contributed by atoms with Gasteiger partial charge in [0.2, 0.25) is 11.8 Å². The van der Waals surface area contributed by atoms with Crippen molar-refractivity contribution in [1.29, 1.82) is 0 Å². The molecule has 0 aromatic carbocycles. The molecular formula is C13H17F3N4O2. The molecule has 0 radical (unpaired) electrons. The van der Waals surface area contributed by atoms with E-state index in [2.05, 4.69) is 4.98 Å². The molecular weight excluding hydrogens is 301 g/mol. The highest BCUT2D eigenvalue weighted by molar-refractivity contribution is 5.96. The summed E-state index contributed by atoms with van der Waals surface area (Å²) < 4.78 is 39.5. The Morgan fingerprint density at radius 1 is 1.45 bits per heavy atom. The normalized spacial score (nSPS) is 19.3. The lowest BCUT2D eigenvalue weighted by atomic mass is 9.97. The average molecular weight is 318 g/mol. The summed E-state index contributed by atoms with van der Waals surface area (Å²) in [6.45, 7) is 0.716. The van der Waals surface area contributed by atoms with E-state index in [1.54, 1.807) is 0 Å². The Balaban J connectivity index is 2.14. The van der Waals surface area contributed by atoms with Gasteiger partial charge >= 0.3 is 6.18 Å². The van der Waals surface area contributed by atoms with Crippen LogP contribution in [0.25, 0.3) is 0 Å². The van der Waals surface area contributed by atoms with Gasteiger partial charge in [0.05, 0.1) is 0 Å². The molecule has 1 unspecified atom stereocenters. The van der Waals surface area contributed by atoms with Crippen molar-refractivity contribution < 1.29 is 22.8 Å². The van der Waals surface area contributed by atoms with Gasteiger partial charge in [-0.15, -0.1) is 0 Å². The van der Waals surface area contributed by atoms with Gasteiger partial charge in [-0.2, -0.15) is 13.2 Å². The molecule has 2 heterocycles. The highest BCUT2D eigenvalue weighted by Gasteiger charge is 2.36. The van der Waals surface area contributed by atoms with Gasteiger partial charge in [0.25, 0.3) is 0 Å². The number of piperidine rings is 1. The highest BCUT2D eigenvalue weighted by atomic mass is 19.4. The molecule has 1 atom stereocenters. The smallest absolute Gasteiger partial charge is 0.369 e. The monoisotopic (exact) mass is 318 g/mol. The second kappa shape index (κ2) is 5.98. The Morgan fingerprint density at radius 2 is 2.14 bits per heavy atom. The van der Waals surface area contributed by atoms with Crippen LogP contribution in [0, 0.1) is 0 Å². The fourth-order valence-electron chi connectivity index (χ4n) is 2.67. The third-order valence-corrected chi connectivity index (χ3v) is 3.67. The number of alkyl halides is 3. The summed E-state index contributed by atoms with van der Waals surface area (Å²) in [5, 5.41) is 0. The van der Waals surface area contributed by atoms with Crippen LogP contribution in [-0.4, -0.2) is 39.4 Å². The number of carbonyl (C=O) groups is 2. The minimum Gasteiger partial charge on any atom is -0.369 e. The van der Waals surface area contributed by atoms with Crippen molar-refractivity contribution in [2.24, 2.45) is 12.8 Å². The fourth-order valence-corrected chi connectivity index (χ4v) is 2.67. The van der Waals surface area contributed by atoms with Gasteiger partial charge in [-0.1, -0.05) is 0 Å². The topological polar surface area (TPSA) is 81.2 Å². The molecule has 9 heteroatoms. The SMILES string of the molecule is Cn1cc(C(F)(F)F)nc1C1CCCN(C(=O)CC(N)=O)C1. The number of aryl methyl sites for hydroxylation is 1. The summed E-state index contributed by atoms with van der Waals surface area (Å²) in [4.78, 5) is 27.8. The quantitative estimate of drug-likeness (QED) is 0.845. The van der Waals surface area contributed by atoms with E-state index in [4.69, 9.17) is 5.73 Å². The van der Waals surface area contributed by atoms with Gasteiger partial charge in [-0.05, 0) is 12.8 Å². The zero-order valence-electron chi connectivity index (χ0n) is 12.1. The molecule has 0 saturated carbocycles. The van der Waals surface area contributed by atoms with Gasteiger partial charge in [0.1, 0.15) is 12.2 Å². The van der Waals surface area contributed by atoms with E-state index in [1.807, 2.05) is 0 Å². The van der Waals surface area contributed by atoms with Crippen LogP contribution >= 0.6 is 0 Å². The van der Waals surface area contributed by atoms with Gasteiger partial charge < -0.3 is 15.2 Å². The Kier molecular flexibility index (Phi) is 4.43. The van der Waals surface area contributed by atoms with Crippen LogP contribution in [0.2, 0.25) is 0 Å². The molecule has 1 fully saturated rings. The first-order valence-electron chi connectivity index (χ1n) is 6.85. The van der Waals surface area contributed by atoms with E-state index in [1.165, 1.54) is 16.5 Å². The third-order valence-electron chi connectivity index (χ3n) is 3.67. The average Bonchev–Trinajstić information content (AvgIpc) is 2.80. The van der Waals surface area contributed by atoms with Crippen LogP contribution in [0.15, 0.2) is 6.20 Å². The Labute approximate surface area is 125 Å². The maximum Gasteiger partial charge on any atom is 0.434 e. The number of halogens is 3. The van der Waals surface area contributed by atoms with E-state index >= 15 is 0 Å². The van der Waals surface area contributed by atoms with Crippen molar-refractivity contribution in [3.05, 3.63) is 17.7 Å². The lowest BCUT2D eigenvalue weighted by Gasteiger charge is -2.32. The Morgan fingerprint density at radius 3 is 2.68 bits per heavy atom. The molecule has 1 aliphatic rings. The van der Waals surface area contributed by atoms with E-state index in [9.17, 15) is 22.8 Å². The molecule has 1 aliphatic heterocycles. The van der Waals surface area contributed by atoms with Gasteiger partial charge in [0.15, 0.2) is 5.69 Å². The first-order valence-corrected chi connectivity index (χ1v) is 6.85. The van der Waals surface area contributed by atoms with Crippen LogP contribution < -0.4 is 5.73 Å². The molecule has 1 saturated heterocycles. The minimum absolute atomic E-state index is 0.244. The van der Waals surface area contributed by atoms with Crippen molar-refractivity contribution in [3.8, 4) is 0 Å². The number of primary amides is 1. The number of nitrogens with zero attached hydrogens (tertiary/aromatic N) is 3. The summed E-state index contributed by atoms with van der Waals surface area (Å²) in [6, 6.07) is 0. The number of aromatic nitrogens is 2. The first kappa shape index (κ1) is 16.3. The Bertz CT molecular complexity index is 582. The van der Waals surface area contributed by atoms with Crippen LogP contribution in [-0.2, 0) is 22.8 Å². The van der Waals surface area contributed by atoms with Gasteiger partial charge in [-0.25, -0.2) is 4.98 Å². The summed E-state index contributed by atoms with van der Waals surface area (Å²) in [5.41, 5.74) is 4.05. The Hall–Kier alpha value is -2.06. The van der Waals surface area contributed by atoms with Crippen molar-refractivity contribution in [2.75, 3.05) is 13.1 Å². The molecule has 122 valence electrons. The molecule has 6 nitrogen and oxygen atoms in total. The van der Waals surface area contributed by atoms with Gasteiger partial charge in [0, 0.05) is 32.3 Å². The predicted molar refractivity (Wildman–Crippen MR) is 70.6 cm³/mol. The first-order chi connectivity index (χ1) is 10.2. The van der Waals surface area contributed by atoms with Crippen LogP contribution in [0.1, 0.15) is 36.7 Å². The van der Waals surface area contributed by atoms with E-state index in [0.717, 1.165) is 6.20 Å². The molecule has 22 heavy (non-hydrogen) atoms. The van der Waals surface area contributed by atoms with Gasteiger partial charge in [-0.3, -0.25) is 9.59 Å². The number of rotatable bonds is 3. The lowest BCUT2D eigenvalue weighted by molar-refractivity contribution is -0.141. The second-order valence-electron chi connectivity index (χ2n) is 5.42. The number of hydrogen-bond acceptors (Lipinski definition) is 3. The van der Waals surface area contributed by atoms with Crippen molar-refractivity contribution in [3.63, 3.8) is 0 Å². The van der Waals surface area contributed by atoms with Crippen LogP contribution in [0.4, 0.5) is 13.2 Å². The summed E-state index contributed by atoms with van der Waals surface area (Å²) >= 11 is 0. The maximum absolute atomic E-state index is 12.7. The molecule has 1 aromatic rings. The molecule has 0 aliphatic carbocycles.